The highest BCUT2D eigenvalue weighted by Crippen LogP contribution is 2.77. The molecule has 5 rings (SSSR count). The van der Waals surface area contributed by atoms with E-state index in [-0.39, 0.29) is 16.9 Å². The van der Waals surface area contributed by atoms with Crippen molar-refractivity contribution < 1.29 is 5.11 Å². The van der Waals surface area contributed by atoms with Crippen LogP contribution in [0.15, 0.2) is 12.2 Å². The summed E-state index contributed by atoms with van der Waals surface area (Å²) in [4.78, 5) is 0. The molecule has 32 heavy (non-hydrogen) atoms. The first-order valence-corrected chi connectivity index (χ1v) is 14.1. The summed E-state index contributed by atoms with van der Waals surface area (Å²) in [6.07, 6.45) is 11.7. The number of hydrogen-bond acceptors (Lipinski definition) is 1. The van der Waals surface area contributed by atoms with Gasteiger partial charge in [0.15, 0.2) is 0 Å². The van der Waals surface area contributed by atoms with Crippen molar-refractivity contribution in [2.24, 2.45) is 62.6 Å². The fraction of sp³-hybridized carbons (Fsp3) is 0.935. The molecule has 0 heterocycles. The predicted molar refractivity (Wildman–Crippen MR) is 135 cm³/mol. The van der Waals surface area contributed by atoms with Gasteiger partial charge in [-0.1, -0.05) is 60.6 Å². The minimum Gasteiger partial charge on any atom is -0.393 e. The van der Waals surface area contributed by atoms with E-state index < -0.39 is 0 Å². The van der Waals surface area contributed by atoms with Crippen LogP contribution in [0.25, 0.3) is 0 Å². The molecule has 0 aromatic carbocycles. The second-order valence-corrected chi connectivity index (χ2v) is 15.2. The lowest BCUT2D eigenvalue weighted by atomic mass is 9.31. The lowest BCUT2D eigenvalue weighted by Gasteiger charge is -2.73. The van der Waals surface area contributed by atoms with E-state index in [0.29, 0.717) is 28.1 Å². The smallest absolute Gasteiger partial charge is 0.0602 e. The summed E-state index contributed by atoms with van der Waals surface area (Å²) in [6, 6.07) is 0. The van der Waals surface area contributed by atoms with Gasteiger partial charge in [-0.25, -0.2) is 0 Å². The summed E-state index contributed by atoms with van der Waals surface area (Å²) in [5.74, 6) is 4.48. The van der Waals surface area contributed by atoms with Gasteiger partial charge in [-0.2, -0.15) is 0 Å². The van der Waals surface area contributed by atoms with E-state index in [1.54, 1.807) is 0 Å². The van der Waals surface area contributed by atoms with Gasteiger partial charge >= 0.3 is 0 Å². The Hall–Kier alpha value is -0.300. The number of hydrogen-bond donors (Lipinski definition) is 1. The topological polar surface area (TPSA) is 20.2 Å². The molecule has 1 N–H and O–H groups in total. The van der Waals surface area contributed by atoms with Gasteiger partial charge in [0.2, 0.25) is 0 Å². The highest BCUT2D eigenvalue weighted by molar-refractivity contribution is 5.22. The fourth-order valence-electron chi connectivity index (χ4n) is 11.7. The molecule has 0 amide bonds. The molecule has 5 saturated carbocycles. The average molecular weight is 441 g/mol. The van der Waals surface area contributed by atoms with Crippen LogP contribution in [-0.4, -0.2) is 11.2 Å². The van der Waals surface area contributed by atoms with Crippen molar-refractivity contribution in [2.75, 3.05) is 0 Å². The molecular formula is C31H52O. The van der Waals surface area contributed by atoms with Crippen LogP contribution in [0.4, 0.5) is 0 Å². The van der Waals surface area contributed by atoms with Crippen LogP contribution in [-0.2, 0) is 0 Å². The van der Waals surface area contributed by atoms with Gasteiger partial charge in [-0.15, -0.1) is 0 Å². The van der Waals surface area contributed by atoms with Gasteiger partial charge in [0.25, 0.3) is 0 Å². The zero-order chi connectivity index (χ0) is 23.5. The van der Waals surface area contributed by atoms with Gasteiger partial charge in [-0.05, 0) is 127 Å². The Bertz CT molecular complexity index is 796. The van der Waals surface area contributed by atoms with Gasteiger partial charge in [-0.3, -0.25) is 0 Å². The molecule has 11 unspecified atom stereocenters. The zero-order valence-corrected chi connectivity index (χ0v) is 22.6. The second-order valence-electron chi connectivity index (χ2n) is 15.2. The molecule has 182 valence electrons. The van der Waals surface area contributed by atoms with E-state index >= 15 is 0 Å². The summed E-state index contributed by atoms with van der Waals surface area (Å²) in [6.45, 7) is 24.9. The van der Waals surface area contributed by atoms with Crippen molar-refractivity contribution in [3.8, 4) is 0 Å². The maximum Gasteiger partial charge on any atom is 0.0602 e. The first-order valence-electron chi connectivity index (χ1n) is 14.1. The Morgan fingerprint density at radius 1 is 0.781 bits per heavy atom. The maximum absolute atomic E-state index is 11.7. The molecule has 0 spiro atoms. The Balaban J connectivity index is 1.57. The Morgan fingerprint density at radius 2 is 1.44 bits per heavy atom. The summed E-state index contributed by atoms with van der Waals surface area (Å²) in [5.41, 5.74) is 2.99. The van der Waals surface area contributed by atoms with Gasteiger partial charge in [0, 0.05) is 0 Å². The molecule has 1 heteroatoms. The Morgan fingerprint density at radius 3 is 2.09 bits per heavy atom. The van der Waals surface area contributed by atoms with Crippen LogP contribution in [0.2, 0.25) is 0 Å². The number of aliphatic hydroxyl groups is 1. The minimum absolute atomic E-state index is 0.0976. The molecule has 0 aromatic rings. The van der Waals surface area contributed by atoms with Crippen molar-refractivity contribution >= 4 is 0 Å². The summed E-state index contributed by atoms with van der Waals surface area (Å²) in [7, 11) is 0. The average Bonchev–Trinajstić information content (AvgIpc) is 3.05. The van der Waals surface area contributed by atoms with E-state index in [4.69, 9.17) is 0 Å². The zero-order valence-electron chi connectivity index (χ0n) is 22.6. The lowest BCUT2D eigenvalue weighted by Crippen LogP contribution is -2.67. The SMILES string of the molecule is C=C(C)C1CCC2(C)C(O)CC3(C)C(CCC4C5(C)CCC(C)C(C)(C)C5CCC43C)C12. The molecular weight excluding hydrogens is 388 g/mol. The Labute approximate surface area is 199 Å². The third kappa shape index (κ3) is 2.62. The normalized spacial score (nSPS) is 58.8. The molecule has 11 atom stereocenters. The number of rotatable bonds is 1. The third-order valence-corrected chi connectivity index (χ3v) is 14.1. The summed E-state index contributed by atoms with van der Waals surface area (Å²) < 4.78 is 0. The molecule has 0 saturated heterocycles. The number of fused-ring (bicyclic) bond motifs is 7. The van der Waals surface area contributed by atoms with Gasteiger partial charge < -0.3 is 5.11 Å². The predicted octanol–water partition coefficient (Wildman–Crippen LogP) is 8.27. The minimum atomic E-state index is -0.151. The van der Waals surface area contributed by atoms with Crippen LogP contribution < -0.4 is 0 Å². The van der Waals surface area contributed by atoms with Gasteiger partial charge in [0.05, 0.1) is 6.10 Å². The maximum atomic E-state index is 11.7. The number of allylic oxidation sites excluding steroid dienone is 1. The summed E-state index contributed by atoms with van der Waals surface area (Å²) >= 11 is 0. The highest BCUT2D eigenvalue weighted by Gasteiger charge is 2.71. The lowest BCUT2D eigenvalue weighted by molar-refractivity contribution is -0.257. The largest absolute Gasteiger partial charge is 0.393 e. The standard InChI is InChI=1S/C31H52O/c1-19(2)21-13-16-29(7)25(32)18-31(9)22(26(21)29)10-11-24-28(6)15-12-20(3)27(4,5)23(28)14-17-30(24,31)8/h20-26,32H,1,10-18H2,2-9H3. The molecule has 5 aliphatic carbocycles. The van der Waals surface area contributed by atoms with E-state index in [2.05, 4.69) is 62.0 Å². The second kappa shape index (κ2) is 6.89. The van der Waals surface area contributed by atoms with Crippen molar-refractivity contribution in [1.29, 1.82) is 0 Å². The van der Waals surface area contributed by atoms with E-state index in [1.165, 1.54) is 56.9 Å². The fourth-order valence-corrected chi connectivity index (χ4v) is 11.7. The molecule has 0 aliphatic heterocycles. The Kier molecular flexibility index (Phi) is 5.05. The first-order chi connectivity index (χ1) is 14.7. The molecule has 1 nitrogen and oxygen atoms in total. The van der Waals surface area contributed by atoms with Crippen molar-refractivity contribution in [2.45, 2.75) is 119 Å². The molecule has 0 bridgehead atoms. The third-order valence-electron chi connectivity index (χ3n) is 14.1. The highest BCUT2D eigenvalue weighted by atomic mass is 16.3. The summed E-state index contributed by atoms with van der Waals surface area (Å²) in [5, 5.41) is 11.7. The van der Waals surface area contributed by atoms with Crippen LogP contribution >= 0.6 is 0 Å². The van der Waals surface area contributed by atoms with Crippen molar-refractivity contribution in [1.82, 2.24) is 0 Å². The quantitative estimate of drug-likeness (QED) is 0.407. The molecule has 0 radical (unpaired) electrons. The van der Waals surface area contributed by atoms with Crippen LogP contribution in [0, 0.1) is 62.6 Å². The number of aliphatic hydroxyl groups excluding tert-OH is 1. The van der Waals surface area contributed by atoms with Crippen molar-refractivity contribution in [3.05, 3.63) is 12.2 Å². The molecule has 5 aliphatic rings. The van der Waals surface area contributed by atoms with E-state index in [0.717, 1.165) is 30.1 Å². The monoisotopic (exact) mass is 440 g/mol. The first kappa shape index (κ1) is 23.4. The molecule has 5 fully saturated rings. The van der Waals surface area contributed by atoms with Crippen LogP contribution in [0.5, 0.6) is 0 Å². The van der Waals surface area contributed by atoms with Crippen molar-refractivity contribution in [3.63, 3.8) is 0 Å². The molecule has 0 aromatic heterocycles. The van der Waals surface area contributed by atoms with Crippen LogP contribution in [0.3, 0.4) is 0 Å². The van der Waals surface area contributed by atoms with Crippen LogP contribution in [0.1, 0.15) is 113 Å². The van der Waals surface area contributed by atoms with E-state index in [9.17, 15) is 5.11 Å². The van der Waals surface area contributed by atoms with E-state index in [1.807, 2.05) is 0 Å². The van der Waals surface area contributed by atoms with Gasteiger partial charge in [0.1, 0.15) is 0 Å².